The van der Waals surface area contributed by atoms with E-state index in [0.29, 0.717) is 10.8 Å². The van der Waals surface area contributed by atoms with Crippen LogP contribution in [-0.4, -0.2) is 20.9 Å². The van der Waals surface area contributed by atoms with Crippen molar-refractivity contribution in [2.45, 2.75) is 0 Å². The molecule has 0 atom stereocenters. The van der Waals surface area contributed by atoms with E-state index in [0.717, 1.165) is 22.2 Å². The van der Waals surface area contributed by atoms with Crippen molar-refractivity contribution in [1.82, 2.24) is 15.0 Å². The molecular weight excluding hydrogens is 320 g/mol. The van der Waals surface area contributed by atoms with Crippen molar-refractivity contribution in [3.63, 3.8) is 0 Å². The van der Waals surface area contributed by atoms with E-state index in [1.807, 2.05) is 47.8 Å². The van der Waals surface area contributed by atoms with E-state index >= 15 is 0 Å². The van der Waals surface area contributed by atoms with Gasteiger partial charge in [0.25, 0.3) is 5.91 Å². The summed E-state index contributed by atoms with van der Waals surface area (Å²) in [5, 5.41) is 6.23. The first-order chi connectivity index (χ1) is 11.8. The molecule has 0 unspecified atom stereocenters. The number of thiazole rings is 1. The normalized spacial score (nSPS) is 10.7. The second-order valence-electron chi connectivity index (χ2n) is 5.12. The van der Waals surface area contributed by atoms with Crippen molar-refractivity contribution in [2.24, 2.45) is 0 Å². The summed E-state index contributed by atoms with van der Waals surface area (Å²) in [4.78, 5) is 25.3. The lowest BCUT2D eigenvalue weighted by Gasteiger charge is -2.03. The number of nitrogens with zero attached hydrogens (tertiary/aromatic N) is 3. The van der Waals surface area contributed by atoms with Gasteiger partial charge in [-0.3, -0.25) is 15.1 Å². The number of pyridine rings is 2. The number of carbonyl (C=O) groups is 1. The second kappa shape index (κ2) is 6.17. The quantitative estimate of drug-likeness (QED) is 0.615. The van der Waals surface area contributed by atoms with Gasteiger partial charge < -0.3 is 0 Å². The molecule has 0 aliphatic carbocycles. The van der Waals surface area contributed by atoms with E-state index in [-0.39, 0.29) is 5.91 Å². The number of fused-ring (bicyclic) bond motifs is 1. The smallest absolute Gasteiger partial charge is 0.276 e. The zero-order valence-electron chi connectivity index (χ0n) is 12.5. The molecule has 0 fully saturated rings. The molecule has 6 heteroatoms. The fourth-order valence-electron chi connectivity index (χ4n) is 2.33. The van der Waals surface area contributed by atoms with Crippen LogP contribution in [0.15, 0.2) is 66.3 Å². The van der Waals surface area contributed by atoms with Gasteiger partial charge in [-0.05, 0) is 24.3 Å². The summed E-state index contributed by atoms with van der Waals surface area (Å²) in [5.74, 6) is -0.271. The van der Waals surface area contributed by atoms with E-state index in [4.69, 9.17) is 0 Å². The molecule has 116 valence electrons. The van der Waals surface area contributed by atoms with Crippen LogP contribution >= 0.6 is 11.3 Å². The van der Waals surface area contributed by atoms with Gasteiger partial charge in [0.05, 0.1) is 11.2 Å². The monoisotopic (exact) mass is 332 g/mol. The second-order valence-corrected chi connectivity index (χ2v) is 5.98. The van der Waals surface area contributed by atoms with E-state index in [9.17, 15) is 4.79 Å². The highest BCUT2D eigenvalue weighted by Gasteiger charge is 2.11. The zero-order valence-corrected chi connectivity index (χ0v) is 13.3. The van der Waals surface area contributed by atoms with Crippen molar-refractivity contribution in [1.29, 1.82) is 0 Å². The summed E-state index contributed by atoms with van der Waals surface area (Å²) in [6.45, 7) is 0. The summed E-state index contributed by atoms with van der Waals surface area (Å²) in [6.07, 6.45) is 3.45. The van der Waals surface area contributed by atoms with Crippen LogP contribution in [0.5, 0.6) is 0 Å². The van der Waals surface area contributed by atoms with Crippen molar-refractivity contribution in [3.05, 3.63) is 72.0 Å². The molecule has 5 nitrogen and oxygen atoms in total. The molecule has 0 aliphatic rings. The van der Waals surface area contributed by atoms with Crippen LogP contribution in [0.3, 0.4) is 0 Å². The third kappa shape index (κ3) is 2.87. The SMILES string of the molecule is O=C(Nc1nc(-c2cccnc2)cs1)c1ccc2ccccc2n1. The molecule has 1 amide bonds. The van der Waals surface area contributed by atoms with Gasteiger partial charge >= 0.3 is 0 Å². The van der Waals surface area contributed by atoms with Gasteiger partial charge in [0, 0.05) is 28.7 Å². The van der Waals surface area contributed by atoms with E-state index in [1.165, 1.54) is 11.3 Å². The number of hydrogen-bond donors (Lipinski definition) is 1. The predicted octanol–water partition coefficient (Wildman–Crippen LogP) is 4.01. The molecule has 1 N–H and O–H groups in total. The maximum atomic E-state index is 12.4. The number of carbonyl (C=O) groups excluding carboxylic acids is 1. The molecule has 3 heterocycles. The molecule has 1 aromatic carbocycles. The van der Waals surface area contributed by atoms with Crippen molar-refractivity contribution >= 4 is 33.3 Å². The van der Waals surface area contributed by atoms with Gasteiger partial charge in [0.1, 0.15) is 5.69 Å². The van der Waals surface area contributed by atoms with E-state index in [2.05, 4.69) is 20.3 Å². The van der Waals surface area contributed by atoms with Crippen molar-refractivity contribution < 1.29 is 4.79 Å². The Balaban J connectivity index is 1.56. The van der Waals surface area contributed by atoms with Crippen molar-refractivity contribution in [2.75, 3.05) is 5.32 Å². The number of amides is 1. The Labute approximate surface area is 142 Å². The molecule has 24 heavy (non-hydrogen) atoms. The van der Waals surface area contributed by atoms with Gasteiger partial charge in [0.15, 0.2) is 5.13 Å². The number of anilines is 1. The lowest BCUT2D eigenvalue weighted by Crippen LogP contribution is -2.13. The van der Waals surface area contributed by atoms with Gasteiger partial charge in [-0.15, -0.1) is 11.3 Å². The number of rotatable bonds is 3. The highest BCUT2D eigenvalue weighted by molar-refractivity contribution is 7.14. The highest BCUT2D eigenvalue weighted by Crippen LogP contribution is 2.24. The molecule has 4 aromatic rings. The molecule has 0 spiro atoms. The minimum absolute atomic E-state index is 0.271. The Kier molecular flexibility index (Phi) is 3.72. The Morgan fingerprint density at radius 3 is 2.79 bits per heavy atom. The van der Waals surface area contributed by atoms with E-state index < -0.39 is 0 Å². The standard InChI is InChI=1S/C18H12N4OS/c23-17(15-8-7-12-4-1-2-6-14(12)20-15)22-18-21-16(11-24-18)13-5-3-9-19-10-13/h1-11H,(H,21,22,23). The van der Waals surface area contributed by atoms with Crippen LogP contribution in [0.2, 0.25) is 0 Å². The third-order valence-corrected chi connectivity index (χ3v) is 4.27. The molecule has 0 aliphatic heterocycles. The van der Waals surface area contributed by atoms with Crippen LogP contribution in [0.1, 0.15) is 10.5 Å². The van der Waals surface area contributed by atoms with Crippen LogP contribution in [0.4, 0.5) is 5.13 Å². The lowest BCUT2D eigenvalue weighted by atomic mass is 10.2. The number of para-hydroxylation sites is 1. The third-order valence-electron chi connectivity index (χ3n) is 3.51. The highest BCUT2D eigenvalue weighted by atomic mass is 32.1. The van der Waals surface area contributed by atoms with Crippen LogP contribution in [0.25, 0.3) is 22.2 Å². The summed E-state index contributed by atoms with van der Waals surface area (Å²) < 4.78 is 0. The average molecular weight is 332 g/mol. The number of benzene rings is 1. The first-order valence-corrected chi connectivity index (χ1v) is 8.21. The number of hydrogen-bond acceptors (Lipinski definition) is 5. The summed E-state index contributed by atoms with van der Waals surface area (Å²) in [5.41, 5.74) is 2.86. The summed E-state index contributed by atoms with van der Waals surface area (Å²) in [7, 11) is 0. The predicted molar refractivity (Wildman–Crippen MR) is 95.0 cm³/mol. The van der Waals surface area contributed by atoms with E-state index in [1.54, 1.807) is 18.5 Å². The Morgan fingerprint density at radius 2 is 1.92 bits per heavy atom. The molecule has 0 saturated carbocycles. The molecule has 0 saturated heterocycles. The fraction of sp³-hybridized carbons (Fsp3) is 0. The molecule has 0 bridgehead atoms. The first-order valence-electron chi connectivity index (χ1n) is 7.33. The van der Waals surface area contributed by atoms with Crippen LogP contribution in [-0.2, 0) is 0 Å². The van der Waals surface area contributed by atoms with Crippen molar-refractivity contribution in [3.8, 4) is 11.3 Å². The van der Waals surface area contributed by atoms with Gasteiger partial charge in [-0.1, -0.05) is 24.3 Å². The largest absolute Gasteiger partial charge is 0.296 e. The Morgan fingerprint density at radius 1 is 1.00 bits per heavy atom. The zero-order chi connectivity index (χ0) is 16.4. The minimum atomic E-state index is -0.271. The topological polar surface area (TPSA) is 67.8 Å². The number of nitrogens with one attached hydrogen (secondary N) is 1. The molecular formula is C18H12N4OS. The summed E-state index contributed by atoms with van der Waals surface area (Å²) >= 11 is 1.37. The lowest BCUT2D eigenvalue weighted by molar-refractivity contribution is 0.102. The molecule has 4 rings (SSSR count). The Bertz CT molecular complexity index is 1010. The average Bonchev–Trinajstić information content (AvgIpc) is 3.10. The number of aromatic nitrogens is 3. The first kappa shape index (κ1) is 14.5. The maximum Gasteiger partial charge on any atom is 0.276 e. The van der Waals surface area contributed by atoms with Crippen LogP contribution in [0, 0.1) is 0 Å². The van der Waals surface area contributed by atoms with Gasteiger partial charge in [0.2, 0.25) is 0 Å². The van der Waals surface area contributed by atoms with Crippen LogP contribution < -0.4 is 5.32 Å². The Hall–Kier alpha value is -3.12. The maximum absolute atomic E-state index is 12.4. The minimum Gasteiger partial charge on any atom is -0.296 e. The summed E-state index contributed by atoms with van der Waals surface area (Å²) in [6, 6.07) is 15.1. The van der Waals surface area contributed by atoms with Gasteiger partial charge in [-0.25, -0.2) is 9.97 Å². The molecule has 3 aromatic heterocycles. The van der Waals surface area contributed by atoms with Gasteiger partial charge in [-0.2, -0.15) is 0 Å². The molecule has 0 radical (unpaired) electrons. The fourth-order valence-corrected chi connectivity index (χ4v) is 3.05.